The van der Waals surface area contributed by atoms with E-state index in [-0.39, 0.29) is 23.1 Å². The molecule has 1 aromatic carbocycles. The van der Waals surface area contributed by atoms with Crippen molar-refractivity contribution >= 4 is 5.97 Å². The van der Waals surface area contributed by atoms with Gasteiger partial charge in [-0.1, -0.05) is 13.0 Å². The first-order chi connectivity index (χ1) is 8.61. The molecule has 1 N–H and O–H groups in total. The van der Waals surface area contributed by atoms with Crippen molar-refractivity contribution in [3.63, 3.8) is 0 Å². The van der Waals surface area contributed by atoms with Crippen LogP contribution >= 0.6 is 0 Å². The van der Waals surface area contributed by atoms with Gasteiger partial charge < -0.3 is 9.84 Å². The van der Waals surface area contributed by atoms with Gasteiger partial charge in [0.1, 0.15) is 5.75 Å². The molecule has 0 aliphatic heterocycles. The molecule has 2 aliphatic carbocycles. The van der Waals surface area contributed by atoms with Crippen LogP contribution in [-0.4, -0.2) is 18.2 Å². The number of benzene rings is 1. The largest absolute Gasteiger partial charge is 0.508 e. The average Bonchev–Trinajstić information content (AvgIpc) is 2.95. The summed E-state index contributed by atoms with van der Waals surface area (Å²) in [4.78, 5) is 11.9. The van der Waals surface area contributed by atoms with Crippen LogP contribution in [0.2, 0.25) is 0 Å². The van der Waals surface area contributed by atoms with E-state index in [4.69, 9.17) is 4.74 Å². The van der Waals surface area contributed by atoms with E-state index in [1.165, 1.54) is 12.7 Å². The predicted molar refractivity (Wildman–Crippen MR) is 67.4 cm³/mol. The van der Waals surface area contributed by atoms with Crippen LogP contribution in [0.5, 0.6) is 5.75 Å². The first kappa shape index (κ1) is 11.6. The third kappa shape index (κ3) is 1.33. The van der Waals surface area contributed by atoms with E-state index in [1.807, 2.05) is 12.1 Å². The number of carbonyl (C=O) groups is 1. The SMILES string of the molecule is COC(=O)C1[C@H](C)C12CCCc1ccc(O)cc12. The van der Waals surface area contributed by atoms with Gasteiger partial charge in [0, 0.05) is 5.41 Å². The number of hydrogen-bond acceptors (Lipinski definition) is 3. The van der Waals surface area contributed by atoms with Crippen LogP contribution in [0, 0.1) is 11.8 Å². The Morgan fingerprint density at radius 3 is 3.00 bits per heavy atom. The quantitative estimate of drug-likeness (QED) is 0.774. The number of esters is 1. The molecule has 0 bridgehead atoms. The highest BCUT2D eigenvalue weighted by molar-refractivity contribution is 5.80. The first-order valence-corrected chi connectivity index (χ1v) is 6.51. The van der Waals surface area contributed by atoms with Gasteiger partial charge >= 0.3 is 5.97 Å². The summed E-state index contributed by atoms with van der Waals surface area (Å²) in [6, 6.07) is 5.57. The fourth-order valence-electron chi connectivity index (χ4n) is 3.89. The van der Waals surface area contributed by atoms with E-state index in [0.717, 1.165) is 24.8 Å². The Labute approximate surface area is 107 Å². The molecule has 96 valence electrons. The Balaban J connectivity index is 2.07. The molecule has 1 fully saturated rings. The summed E-state index contributed by atoms with van der Waals surface area (Å²) in [5.41, 5.74) is 2.35. The van der Waals surface area contributed by atoms with Gasteiger partial charge in [0.25, 0.3) is 0 Å². The molecule has 18 heavy (non-hydrogen) atoms. The normalized spacial score (nSPS) is 33.0. The second-order valence-electron chi connectivity index (χ2n) is 5.52. The summed E-state index contributed by atoms with van der Waals surface area (Å²) >= 11 is 0. The van der Waals surface area contributed by atoms with E-state index < -0.39 is 0 Å². The van der Waals surface area contributed by atoms with Crippen LogP contribution < -0.4 is 0 Å². The molecular weight excluding hydrogens is 228 g/mol. The topological polar surface area (TPSA) is 46.5 Å². The van der Waals surface area contributed by atoms with Crippen molar-refractivity contribution in [1.29, 1.82) is 0 Å². The maximum atomic E-state index is 11.9. The van der Waals surface area contributed by atoms with Crippen molar-refractivity contribution in [3.8, 4) is 5.75 Å². The molecule has 0 amide bonds. The molecule has 0 saturated heterocycles. The minimum atomic E-state index is -0.112. The fraction of sp³-hybridized carbons (Fsp3) is 0.533. The number of methoxy groups -OCH3 is 1. The highest BCUT2D eigenvalue weighted by atomic mass is 16.5. The molecule has 1 saturated carbocycles. The number of aromatic hydroxyl groups is 1. The van der Waals surface area contributed by atoms with Crippen LogP contribution in [0.25, 0.3) is 0 Å². The molecule has 3 nitrogen and oxygen atoms in total. The highest BCUT2D eigenvalue weighted by Crippen LogP contribution is 2.65. The third-order valence-corrected chi connectivity index (χ3v) is 4.84. The molecule has 3 atom stereocenters. The van der Waals surface area contributed by atoms with E-state index in [9.17, 15) is 9.90 Å². The van der Waals surface area contributed by atoms with E-state index in [1.54, 1.807) is 6.07 Å². The monoisotopic (exact) mass is 246 g/mol. The maximum Gasteiger partial charge on any atom is 0.309 e. The van der Waals surface area contributed by atoms with E-state index in [2.05, 4.69) is 6.92 Å². The maximum absolute atomic E-state index is 11.9. The van der Waals surface area contributed by atoms with Crippen molar-refractivity contribution in [2.45, 2.75) is 31.6 Å². The lowest BCUT2D eigenvalue weighted by atomic mass is 9.77. The molecule has 0 aromatic heterocycles. The van der Waals surface area contributed by atoms with E-state index in [0.29, 0.717) is 5.92 Å². The van der Waals surface area contributed by atoms with Gasteiger partial charge in [-0.3, -0.25) is 4.79 Å². The van der Waals surface area contributed by atoms with Gasteiger partial charge in [-0.2, -0.15) is 0 Å². The zero-order chi connectivity index (χ0) is 12.9. The molecule has 2 unspecified atom stereocenters. The minimum Gasteiger partial charge on any atom is -0.508 e. The molecule has 3 heteroatoms. The number of phenols is 1. The number of carbonyl (C=O) groups excluding carboxylic acids is 1. The van der Waals surface area contributed by atoms with Crippen LogP contribution in [0.1, 0.15) is 30.9 Å². The van der Waals surface area contributed by atoms with Crippen LogP contribution in [0.3, 0.4) is 0 Å². The number of hydrogen-bond donors (Lipinski definition) is 1. The van der Waals surface area contributed by atoms with Crippen molar-refractivity contribution in [2.75, 3.05) is 7.11 Å². The summed E-state index contributed by atoms with van der Waals surface area (Å²) in [7, 11) is 1.45. The summed E-state index contributed by atoms with van der Waals surface area (Å²) in [6.07, 6.45) is 3.16. The fourth-order valence-corrected chi connectivity index (χ4v) is 3.89. The van der Waals surface area contributed by atoms with Gasteiger partial charge in [0.05, 0.1) is 13.0 Å². The summed E-state index contributed by atoms with van der Waals surface area (Å²) in [6.45, 7) is 2.11. The number of fused-ring (bicyclic) bond motifs is 2. The summed E-state index contributed by atoms with van der Waals surface area (Å²) in [5, 5.41) is 9.70. The Morgan fingerprint density at radius 1 is 1.50 bits per heavy atom. The lowest BCUT2D eigenvalue weighted by molar-refractivity contribution is -0.143. The Kier molecular flexibility index (Phi) is 2.40. The van der Waals surface area contributed by atoms with Crippen molar-refractivity contribution in [1.82, 2.24) is 0 Å². The summed E-state index contributed by atoms with van der Waals surface area (Å²) in [5.74, 6) is 0.450. The van der Waals surface area contributed by atoms with E-state index >= 15 is 0 Å². The van der Waals surface area contributed by atoms with Crippen LogP contribution in [0.4, 0.5) is 0 Å². The van der Waals surface area contributed by atoms with Crippen molar-refractivity contribution < 1.29 is 14.6 Å². The summed E-state index contributed by atoms with van der Waals surface area (Å²) < 4.78 is 4.92. The molecular formula is C15H18O3. The smallest absolute Gasteiger partial charge is 0.309 e. The van der Waals surface area contributed by atoms with Gasteiger partial charge in [-0.15, -0.1) is 0 Å². The molecule has 1 spiro atoms. The van der Waals surface area contributed by atoms with Crippen LogP contribution in [-0.2, 0) is 21.4 Å². The number of ether oxygens (including phenoxy) is 1. The second kappa shape index (κ2) is 3.74. The van der Waals surface area contributed by atoms with Gasteiger partial charge in [0.15, 0.2) is 0 Å². The van der Waals surface area contributed by atoms with Crippen molar-refractivity contribution in [3.05, 3.63) is 29.3 Å². The lowest BCUT2D eigenvalue weighted by Crippen LogP contribution is -2.22. The molecule has 3 rings (SSSR count). The molecule has 0 heterocycles. The standard InChI is InChI=1S/C15H18O3/c1-9-13(14(17)18-2)15(9)7-3-4-10-5-6-11(16)8-12(10)15/h5-6,8-9,13,16H,3-4,7H2,1-2H3/t9-,13?,15?/m0/s1. The minimum absolute atomic E-state index is 0.0386. The third-order valence-electron chi connectivity index (χ3n) is 4.84. The molecule has 0 radical (unpaired) electrons. The number of phenolic OH excluding ortho intramolecular Hbond substituents is 1. The number of rotatable bonds is 1. The lowest BCUT2D eigenvalue weighted by Gasteiger charge is -2.27. The zero-order valence-electron chi connectivity index (χ0n) is 10.8. The Morgan fingerprint density at radius 2 is 2.28 bits per heavy atom. The van der Waals surface area contributed by atoms with Gasteiger partial charge in [-0.05, 0) is 48.4 Å². The van der Waals surface area contributed by atoms with Gasteiger partial charge in [-0.25, -0.2) is 0 Å². The highest BCUT2D eigenvalue weighted by Gasteiger charge is 2.67. The Hall–Kier alpha value is -1.51. The van der Waals surface area contributed by atoms with Crippen LogP contribution in [0.15, 0.2) is 18.2 Å². The molecule has 2 aliphatic rings. The second-order valence-corrected chi connectivity index (χ2v) is 5.52. The Bertz CT molecular complexity index is 508. The number of aryl methyl sites for hydroxylation is 1. The molecule has 1 aromatic rings. The average molecular weight is 246 g/mol. The van der Waals surface area contributed by atoms with Gasteiger partial charge in [0.2, 0.25) is 0 Å². The first-order valence-electron chi connectivity index (χ1n) is 6.51. The zero-order valence-corrected chi connectivity index (χ0v) is 10.8. The predicted octanol–water partition coefficient (Wildman–Crippen LogP) is 2.41. The van der Waals surface area contributed by atoms with Crippen molar-refractivity contribution in [2.24, 2.45) is 11.8 Å².